The van der Waals surface area contributed by atoms with Crippen molar-refractivity contribution in [3.63, 3.8) is 0 Å². The number of benzene rings is 2. The van der Waals surface area contributed by atoms with Crippen molar-refractivity contribution >= 4 is 39.1 Å². The lowest BCUT2D eigenvalue weighted by Crippen LogP contribution is -2.31. The van der Waals surface area contributed by atoms with Gasteiger partial charge >= 0.3 is 0 Å². The first-order chi connectivity index (χ1) is 10.1. The van der Waals surface area contributed by atoms with Crippen molar-refractivity contribution in [3.8, 4) is 0 Å². The van der Waals surface area contributed by atoms with E-state index in [0.29, 0.717) is 6.42 Å². The van der Waals surface area contributed by atoms with Crippen molar-refractivity contribution < 1.29 is 4.79 Å². The van der Waals surface area contributed by atoms with Gasteiger partial charge in [0.25, 0.3) is 0 Å². The Morgan fingerprint density at radius 1 is 1.10 bits per heavy atom. The molecule has 0 bridgehead atoms. The van der Waals surface area contributed by atoms with E-state index in [9.17, 15) is 4.79 Å². The monoisotopic (exact) mass is 363 g/mol. The van der Waals surface area contributed by atoms with Gasteiger partial charge in [0.1, 0.15) is 0 Å². The Bertz CT molecular complexity index is 684. The summed E-state index contributed by atoms with van der Waals surface area (Å²) in [5.74, 6) is 0.184. The first kappa shape index (κ1) is 14.6. The molecule has 1 aliphatic heterocycles. The summed E-state index contributed by atoms with van der Waals surface area (Å²) >= 11 is 9.68. The molecule has 0 spiro atoms. The van der Waals surface area contributed by atoms with Gasteiger partial charge in [0.2, 0.25) is 5.91 Å². The average Bonchev–Trinajstić information content (AvgIpc) is 2.51. The smallest absolute Gasteiger partial charge is 0.227 e. The zero-order valence-corrected chi connectivity index (χ0v) is 14.0. The largest absolute Gasteiger partial charge is 0.315 e. The summed E-state index contributed by atoms with van der Waals surface area (Å²) in [5.41, 5.74) is 4.61. The van der Waals surface area contributed by atoms with Gasteiger partial charge in [-0.3, -0.25) is 4.79 Å². The van der Waals surface area contributed by atoms with Crippen LogP contribution in [-0.4, -0.2) is 13.0 Å². The van der Waals surface area contributed by atoms with Gasteiger partial charge in [0.05, 0.1) is 4.83 Å². The topological polar surface area (TPSA) is 20.3 Å². The maximum Gasteiger partial charge on any atom is 0.227 e. The van der Waals surface area contributed by atoms with E-state index in [-0.39, 0.29) is 10.7 Å². The van der Waals surface area contributed by atoms with E-state index in [4.69, 9.17) is 11.6 Å². The van der Waals surface area contributed by atoms with Crippen LogP contribution in [0.1, 0.15) is 27.9 Å². The number of aryl methyl sites for hydroxylation is 1. The molecule has 1 atom stereocenters. The number of alkyl halides is 1. The highest BCUT2D eigenvalue weighted by Crippen LogP contribution is 2.35. The number of rotatable bonds is 2. The van der Waals surface area contributed by atoms with Crippen LogP contribution in [0.3, 0.4) is 0 Å². The number of fused-ring (bicyclic) bond motifs is 1. The SMILES string of the molecule is CN1C(=O)CCc2cc(C(Br)c3ccc(Cl)cc3)ccc21. The molecule has 1 heterocycles. The molecule has 0 N–H and O–H groups in total. The van der Waals surface area contributed by atoms with Crippen molar-refractivity contribution in [3.05, 3.63) is 64.2 Å². The lowest BCUT2D eigenvalue weighted by Gasteiger charge is -2.26. The first-order valence-electron chi connectivity index (χ1n) is 6.85. The number of hydrogen-bond acceptors (Lipinski definition) is 1. The fourth-order valence-electron chi connectivity index (χ4n) is 2.66. The molecular weight excluding hydrogens is 350 g/mol. The summed E-state index contributed by atoms with van der Waals surface area (Å²) in [6.07, 6.45) is 1.40. The fraction of sp³-hybridized carbons (Fsp3) is 0.235. The van der Waals surface area contributed by atoms with Gasteiger partial charge in [-0.1, -0.05) is 51.8 Å². The first-order valence-corrected chi connectivity index (χ1v) is 8.14. The minimum Gasteiger partial charge on any atom is -0.315 e. The number of carbonyl (C=O) groups is 1. The normalized spacial score (nSPS) is 15.8. The molecular formula is C17H15BrClNO. The molecule has 21 heavy (non-hydrogen) atoms. The molecule has 0 aliphatic carbocycles. The van der Waals surface area contributed by atoms with Gasteiger partial charge in [0.15, 0.2) is 0 Å². The Labute approximate surface area is 137 Å². The summed E-state index contributed by atoms with van der Waals surface area (Å²) in [7, 11) is 1.84. The quantitative estimate of drug-likeness (QED) is 0.705. The van der Waals surface area contributed by atoms with Gasteiger partial charge in [-0.15, -0.1) is 0 Å². The van der Waals surface area contributed by atoms with E-state index in [2.05, 4.69) is 28.1 Å². The molecule has 0 saturated heterocycles. The average molecular weight is 365 g/mol. The molecule has 1 aliphatic rings. The second-order valence-corrected chi connectivity index (χ2v) is 6.61. The molecule has 0 saturated carbocycles. The number of amides is 1. The van der Waals surface area contributed by atoms with Crippen molar-refractivity contribution in [2.45, 2.75) is 17.7 Å². The third kappa shape index (κ3) is 2.85. The molecule has 108 valence electrons. The lowest BCUT2D eigenvalue weighted by molar-refractivity contribution is -0.118. The Hall–Kier alpha value is -1.32. The second-order valence-electron chi connectivity index (χ2n) is 5.26. The van der Waals surface area contributed by atoms with E-state index in [1.165, 1.54) is 16.7 Å². The maximum atomic E-state index is 11.7. The molecule has 0 radical (unpaired) electrons. The van der Waals surface area contributed by atoms with E-state index in [1.54, 1.807) is 4.90 Å². The van der Waals surface area contributed by atoms with Gasteiger partial charge in [-0.2, -0.15) is 0 Å². The van der Waals surface area contributed by atoms with Crippen LogP contribution in [0.4, 0.5) is 5.69 Å². The maximum absolute atomic E-state index is 11.7. The molecule has 2 aromatic carbocycles. The van der Waals surface area contributed by atoms with Gasteiger partial charge < -0.3 is 4.90 Å². The van der Waals surface area contributed by atoms with Crippen molar-refractivity contribution in [2.75, 3.05) is 11.9 Å². The lowest BCUT2D eigenvalue weighted by atomic mass is 9.96. The highest BCUT2D eigenvalue weighted by atomic mass is 79.9. The van der Waals surface area contributed by atoms with Gasteiger partial charge in [-0.05, 0) is 41.3 Å². The number of halogens is 2. The van der Waals surface area contributed by atoms with Crippen molar-refractivity contribution in [1.82, 2.24) is 0 Å². The van der Waals surface area contributed by atoms with E-state index in [1.807, 2.05) is 37.4 Å². The highest BCUT2D eigenvalue weighted by molar-refractivity contribution is 9.09. The van der Waals surface area contributed by atoms with Crippen LogP contribution >= 0.6 is 27.5 Å². The molecule has 1 amide bonds. The number of hydrogen-bond donors (Lipinski definition) is 0. The second kappa shape index (κ2) is 5.82. The molecule has 0 fully saturated rings. The fourth-order valence-corrected chi connectivity index (χ4v) is 3.37. The zero-order valence-electron chi connectivity index (χ0n) is 11.6. The highest BCUT2D eigenvalue weighted by Gasteiger charge is 2.22. The van der Waals surface area contributed by atoms with Crippen LogP contribution in [0, 0.1) is 0 Å². The zero-order chi connectivity index (χ0) is 15.0. The van der Waals surface area contributed by atoms with E-state index < -0.39 is 0 Å². The van der Waals surface area contributed by atoms with E-state index >= 15 is 0 Å². The Morgan fingerprint density at radius 3 is 2.48 bits per heavy atom. The van der Waals surface area contributed by atoms with Gasteiger partial charge in [0, 0.05) is 24.2 Å². The molecule has 3 rings (SSSR count). The third-order valence-corrected chi connectivity index (χ3v) is 5.21. The molecule has 2 nitrogen and oxygen atoms in total. The summed E-state index contributed by atoms with van der Waals surface area (Å²) in [5, 5.41) is 0.740. The summed E-state index contributed by atoms with van der Waals surface area (Å²) < 4.78 is 0. The Balaban J connectivity index is 1.93. The predicted molar refractivity (Wildman–Crippen MR) is 90.4 cm³/mol. The Morgan fingerprint density at radius 2 is 1.76 bits per heavy atom. The van der Waals surface area contributed by atoms with E-state index in [0.717, 1.165) is 17.1 Å². The van der Waals surface area contributed by atoms with Crippen LogP contribution in [0.2, 0.25) is 5.02 Å². The predicted octanol–water partition coefficient (Wildman–Crippen LogP) is 4.73. The van der Waals surface area contributed by atoms with Crippen molar-refractivity contribution in [2.24, 2.45) is 0 Å². The number of anilines is 1. The molecule has 0 aromatic heterocycles. The van der Waals surface area contributed by atoms with Crippen molar-refractivity contribution in [1.29, 1.82) is 0 Å². The minimum atomic E-state index is 0.128. The minimum absolute atomic E-state index is 0.128. The molecule has 4 heteroatoms. The third-order valence-electron chi connectivity index (χ3n) is 3.90. The summed E-state index contributed by atoms with van der Waals surface area (Å²) in [6, 6.07) is 14.1. The number of carbonyl (C=O) groups excluding carboxylic acids is 1. The van der Waals surface area contributed by atoms with Gasteiger partial charge in [-0.25, -0.2) is 0 Å². The summed E-state index contributed by atoms with van der Waals surface area (Å²) in [4.78, 5) is 13.6. The number of nitrogens with zero attached hydrogens (tertiary/aromatic N) is 1. The standard InChI is InChI=1S/C17H15BrClNO/c1-20-15-8-4-13(10-12(15)5-9-16(20)21)17(18)11-2-6-14(19)7-3-11/h2-4,6-8,10,17H,5,9H2,1H3. The van der Waals surface area contributed by atoms with Crippen LogP contribution in [-0.2, 0) is 11.2 Å². The van der Waals surface area contributed by atoms with Crippen LogP contribution in [0.15, 0.2) is 42.5 Å². The Kier molecular flexibility index (Phi) is 4.05. The van der Waals surface area contributed by atoms with Crippen LogP contribution < -0.4 is 4.90 Å². The van der Waals surface area contributed by atoms with Crippen LogP contribution in [0.25, 0.3) is 0 Å². The summed E-state index contributed by atoms with van der Waals surface area (Å²) in [6.45, 7) is 0. The van der Waals surface area contributed by atoms with Crippen LogP contribution in [0.5, 0.6) is 0 Å². The molecule has 2 aromatic rings. The molecule has 1 unspecified atom stereocenters.